The molecule has 0 amide bonds. The highest BCUT2D eigenvalue weighted by Gasteiger charge is 2.07. The predicted molar refractivity (Wildman–Crippen MR) is 93.3 cm³/mol. The highest BCUT2D eigenvalue weighted by Crippen LogP contribution is 2.36. The van der Waals surface area contributed by atoms with Crippen LogP contribution >= 0.6 is 11.3 Å². The smallest absolute Gasteiger partial charge is 0.0358 e. The van der Waals surface area contributed by atoms with E-state index in [1.165, 1.54) is 36.9 Å². The zero-order valence-corrected chi connectivity index (χ0v) is 12.8. The number of aryl methyl sites for hydroxylation is 1. The Morgan fingerprint density at radius 2 is 1.62 bits per heavy atom. The Labute approximate surface area is 128 Å². The molecule has 0 N–H and O–H groups in total. The summed E-state index contributed by atoms with van der Waals surface area (Å²) in [6.45, 7) is 2.20. The predicted octanol–water partition coefficient (Wildman–Crippen LogP) is 5.95. The molecular formula is C20H16S. The van der Waals surface area contributed by atoms with E-state index in [1.54, 1.807) is 0 Å². The maximum Gasteiger partial charge on any atom is 0.0358 e. The molecule has 0 aliphatic heterocycles. The van der Waals surface area contributed by atoms with Gasteiger partial charge in [0.2, 0.25) is 0 Å². The summed E-state index contributed by atoms with van der Waals surface area (Å²) in [6.07, 6.45) is 1.00. The fourth-order valence-electron chi connectivity index (χ4n) is 2.99. The lowest BCUT2D eigenvalue weighted by molar-refractivity contribution is 1.20. The standard InChI is InChI=1S/C20H16S/c1-14-6-5-9-18-20(14)17-11-10-16(13-19(17)21-18)12-15-7-3-2-4-8-15/h2-11,13H,12H2,1H3. The summed E-state index contributed by atoms with van der Waals surface area (Å²) in [5.74, 6) is 0. The van der Waals surface area contributed by atoms with Gasteiger partial charge in [0.05, 0.1) is 0 Å². The van der Waals surface area contributed by atoms with Gasteiger partial charge in [-0.05, 0) is 42.2 Å². The molecule has 21 heavy (non-hydrogen) atoms. The highest BCUT2D eigenvalue weighted by atomic mass is 32.1. The molecule has 4 rings (SSSR count). The van der Waals surface area contributed by atoms with Crippen molar-refractivity contribution in [3.63, 3.8) is 0 Å². The van der Waals surface area contributed by atoms with Gasteiger partial charge in [0.25, 0.3) is 0 Å². The lowest BCUT2D eigenvalue weighted by atomic mass is 10.0. The summed E-state index contributed by atoms with van der Waals surface area (Å²) in [6, 6.07) is 24.2. The first-order valence-corrected chi connectivity index (χ1v) is 8.07. The van der Waals surface area contributed by atoms with E-state index in [9.17, 15) is 0 Å². The molecule has 3 aromatic carbocycles. The van der Waals surface area contributed by atoms with Crippen LogP contribution in [0, 0.1) is 6.92 Å². The van der Waals surface area contributed by atoms with Gasteiger partial charge in [0.1, 0.15) is 0 Å². The first-order chi connectivity index (χ1) is 10.3. The molecular weight excluding hydrogens is 272 g/mol. The van der Waals surface area contributed by atoms with Crippen LogP contribution in [0.2, 0.25) is 0 Å². The van der Waals surface area contributed by atoms with Gasteiger partial charge in [-0.25, -0.2) is 0 Å². The van der Waals surface area contributed by atoms with Gasteiger partial charge in [-0.1, -0.05) is 54.6 Å². The van der Waals surface area contributed by atoms with Crippen molar-refractivity contribution >= 4 is 31.5 Å². The third kappa shape index (κ3) is 2.24. The molecule has 1 aromatic heterocycles. The van der Waals surface area contributed by atoms with Gasteiger partial charge < -0.3 is 0 Å². The number of hydrogen-bond donors (Lipinski definition) is 0. The number of thiophene rings is 1. The molecule has 0 aliphatic rings. The van der Waals surface area contributed by atoms with Crippen LogP contribution in [-0.2, 0) is 6.42 Å². The Hall–Kier alpha value is -2.12. The van der Waals surface area contributed by atoms with Crippen LogP contribution in [0.3, 0.4) is 0 Å². The van der Waals surface area contributed by atoms with Crippen molar-refractivity contribution < 1.29 is 0 Å². The summed E-state index contributed by atoms with van der Waals surface area (Å²) in [5.41, 5.74) is 4.13. The second kappa shape index (κ2) is 5.01. The summed E-state index contributed by atoms with van der Waals surface area (Å²) in [7, 11) is 0. The van der Waals surface area contributed by atoms with Crippen molar-refractivity contribution in [3.05, 3.63) is 83.4 Å². The fraction of sp³-hybridized carbons (Fsp3) is 0.100. The Kier molecular flexibility index (Phi) is 3.01. The quantitative estimate of drug-likeness (QED) is 0.427. The molecule has 1 heteroatoms. The topological polar surface area (TPSA) is 0 Å². The Morgan fingerprint density at radius 3 is 2.48 bits per heavy atom. The van der Waals surface area contributed by atoms with Gasteiger partial charge in [-0.2, -0.15) is 0 Å². The van der Waals surface area contributed by atoms with Crippen LogP contribution < -0.4 is 0 Å². The molecule has 0 spiro atoms. The number of rotatable bonds is 2. The third-order valence-corrected chi connectivity index (χ3v) is 5.14. The Bertz CT molecular complexity index is 917. The summed E-state index contributed by atoms with van der Waals surface area (Å²) in [4.78, 5) is 0. The fourth-order valence-corrected chi connectivity index (χ4v) is 4.24. The molecule has 4 aromatic rings. The average molecular weight is 288 g/mol. The molecule has 0 atom stereocenters. The van der Waals surface area contributed by atoms with Gasteiger partial charge in [-0.15, -0.1) is 11.3 Å². The molecule has 0 fully saturated rings. The van der Waals surface area contributed by atoms with E-state index in [-0.39, 0.29) is 0 Å². The largest absolute Gasteiger partial charge is 0.135 e. The van der Waals surface area contributed by atoms with Crippen molar-refractivity contribution in [1.82, 2.24) is 0 Å². The first kappa shape index (κ1) is 12.6. The summed E-state index contributed by atoms with van der Waals surface area (Å²) in [5, 5.41) is 2.81. The van der Waals surface area contributed by atoms with E-state index < -0.39 is 0 Å². The molecule has 0 saturated carbocycles. The minimum absolute atomic E-state index is 1.00. The minimum Gasteiger partial charge on any atom is -0.135 e. The molecule has 102 valence electrons. The maximum absolute atomic E-state index is 2.35. The molecule has 0 nitrogen and oxygen atoms in total. The van der Waals surface area contributed by atoms with Crippen LogP contribution in [0.5, 0.6) is 0 Å². The van der Waals surface area contributed by atoms with Crippen molar-refractivity contribution in [1.29, 1.82) is 0 Å². The van der Waals surface area contributed by atoms with E-state index >= 15 is 0 Å². The van der Waals surface area contributed by atoms with Crippen LogP contribution in [-0.4, -0.2) is 0 Å². The van der Waals surface area contributed by atoms with Gasteiger partial charge in [-0.3, -0.25) is 0 Å². The Morgan fingerprint density at radius 1 is 0.762 bits per heavy atom. The molecule has 0 bridgehead atoms. The third-order valence-electron chi connectivity index (χ3n) is 4.02. The van der Waals surface area contributed by atoms with E-state index in [0.29, 0.717) is 0 Å². The molecule has 1 heterocycles. The maximum atomic E-state index is 2.35. The lowest BCUT2D eigenvalue weighted by Crippen LogP contribution is -1.86. The highest BCUT2D eigenvalue weighted by molar-refractivity contribution is 7.25. The second-order valence-electron chi connectivity index (χ2n) is 5.54. The lowest BCUT2D eigenvalue weighted by Gasteiger charge is -2.02. The second-order valence-corrected chi connectivity index (χ2v) is 6.63. The van der Waals surface area contributed by atoms with Crippen molar-refractivity contribution in [2.45, 2.75) is 13.3 Å². The monoisotopic (exact) mass is 288 g/mol. The van der Waals surface area contributed by atoms with Gasteiger partial charge in [0.15, 0.2) is 0 Å². The molecule has 0 unspecified atom stereocenters. The van der Waals surface area contributed by atoms with E-state index in [4.69, 9.17) is 0 Å². The molecule has 0 saturated heterocycles. The average Bonchev–Trinajstić information content (AvgIpc) is 2.87. The van der Waals surface area contributed by atoms with E-state index in [2.05, 4.69) is 73.7 Å². The van der Waals surface area contributed by atoms with Crippen LogP contribution in [0.4, 0.5) is 0 Å². The first-order valence-electron chi connectivity index (χ1n) is 7.26. The van der Waals surface area contributed by atoms with Gasteiger partial charge in [0, 0.05) is 20.2 Å². The van der Waals surface area contributed by atoms with Crippen LogP contribution in [0.15, 0.2) is 66.7 Å². The zero-order valence-electron chi connectivity index (χ0n) is 12.0. The zero-order chi connectivity index (χ0) is 14.2. The number of hydrogen-bond acceptors (Lipinski definition) is 1. The normalized spacial score (nSPS) is 11.3. The summed E-state index contributed by atoms with van der Waals surface area (Å²) >= 11 is 1.90. The van der Waals surface area contributed by atoms with Crippen molar-refractivity contribution in [2.24, 2.45) is 0 Å². The van der Waals surface area contributed by atoms with E-state index in [0.717, 1.165) is 6.42 Å². The van der Waals surface area contributed by atoms with E-state index in [1.807, 2.05) is 11.3 Å². The SMILES string of the molecule is Cc1cccc2sc3cc(Cc4ccccc4)ccc3c12. The van der Waals surface area contributed by atoms with Gasteiger partial charge >= 0.3 is 0 Å². The molecule has 0 aliphatic carbocycles. The number of benzene rings is 3. The molecule has 0 radical (unpaired) electrons. The Balaban J connectivity index is 1.83. The number of fused-ring (bicyclic) bond motifs is 3. The minimum atomic E-state index is 1.00. The van der Waals surface area contributed by atoms with Crippen molar-refractivity contribution in [3.8, 4) is 0 Å². The summed E-state index contributed by atoms with van der Waals surface area (Å²) < 4.78 is 2.79. The van der Waals surface area contributed by atoms with Crippen LogP contribution in [0.1, 0.15) is 16.7 Å². The van der Waals surface area contributed by atoms with Crippen molar-refractivity contribution in [2.75, 3.05) is 0 Å². The van der Waals surface area contributed by atoms with Crippen LogP contribution in [0.25, 0.3) is 20.2 Å².